The van der Waals surface area contributed by atoms with Crippen molar-refractivity contribution in [1.82, 2.24) is 20.2 Å². The summed E-state index contributed by atoms with van der Waals surface area (Å²) in [4.78, 5) is 21.1. The molecule has 35 heavy (non-hydrogen) atoms. The molecule has 0 aliphatic carbocycles. The monoisotopic (exact) mass is 485 g/mol. The minimum Gasteiger partial charge on any atom is -0.456 e. The highest BCUT2D eigenvalue weighted by molar-refractivity contribution is 7.90. The molecule has 0 bridgehead atoms. The molecular formula is C25H19N5O4S. The average Bonchev–Trinajstić information content (AvgIpc) is 3.28. The molecule has 0 atom stereocenters. The van der Waals surface area contributed by atoms with Crippen LogP contribution < -0.4 is 10.1 Å². The van der Waals surface area contributed by atoms with Crippen molar-refractivity contribution >= 4 is 32.3 Å². The highest BCUT2D eigenvalue weighted by Gasteiger charge is 2.16. The van der Waals surface area contributed by atoms with Crippen molar-refractivity contribution < 1.29 is 17.9 Å². The summed E-state index contributed by atoms with van der Waals surface area (Å²) in [6, 6.07) is 19.7. The van der Waals surface area contributed by atoms with Gasteiger partial charge in [-0.05, 0) is 48.0 Å². The number of carbonyl (C=O) groups is 1. The Balaban J connectivity index is 1.41. The van der Waals surface area contributed by atoms with Crippen LogP contribution in [0.1, 0.15) is 10.5 Å². The maximum atomic E-state index is 12.9. The average molecular weight is 486 g/mol. The van der Waals surface area contributed by atoms with E-state index >= 15 is 0 Å². The number of hydrogen-bond donors (Lipinski definition) is 2. The van der Waals surface area contributed by atoms with E-state index in [1.807, 2.05) is 54.6 Å². The Bertz CT molecular complexity index is 1630. The number of anilines is 1. The molecule has 0 unspecified atom stereocenters. The van der Waals surface area contributed by atoms with Crippen LogP contribution in [-0.2, 0) is 9.84 Å². The fraction of sp³-hybridized carbons (Fsp3) is 0.0400. The summed E-state index contributed by atoms with van der Waals surface area (Å²) in [5.74, 6) is 0.834. The van der Waals surface area contributed by atoms with Crippen LogP contribution in [0.15, 0.2) is 90.3 Å². The summed E-state index contributed by atoms with van der Waals surface area (Å²) in [6.45, 7) is 0. The highest BCUT2D eigenvalue weighted by Crippen LogP contribution is 2.29. The maximum Gasteiger partial charge on any atom is 0.276 e. The highest BCUT2D eigenvalue weighted by atomic mass is 32.2. The molecule has 5 aromatic rings. The molecule has 3 heterocycles. The standard InChI is InChI=1S/C25H19N5O4S/c1-35(32,33)23-10-8-18(14-27-23)28-25(31)24-21-12-16(7-9-22(21)29-30-24)17-11-20(15-26-13-17)34-19-5-3-2-4-6-19/h2-15H,1H3,(H,28,31)(H,29,30). The van der Waals surface area contributed by atoms with Crippen molar-refractivity contribution in [3.63, 3.8) is 0 Å². The van der Waals surface area contributed by atoms with Gasteiger partial charge in [-0.15, -0.1) is 0 Å². The molecule has 174 valence electrons. The molecule has 1 amide bonds. The zero-order valence-corrected chi connectivity index (χ0v) is 19.3. The van der Waals surface area contributed by atoms with E-state index in [4.69, 9.17) is 4.74 Å². The smallest absolute Gasteiger partial charge is 0.276 e. The van der Waals surface area contributed by atoms with Gasteiger partial charge < -0.3 is 10.1 Å². The van der Waals surface area contributed by atoms with Crippen LogP contribution in [0.3, 0.4) is 0 Å². The largest absolute Gasteiger partial charge is 0.456 e. The molecule has 0 aliphatic heterocycles. The first kappa shape index (κ1) is 22.2. The number of hydrogen-bond acceptors (Lipinski definition) is 7. The maximum absolute atomic E-state index is 12.9. The van der Waals surface area contributed by atoms with Crippen molar-refractivity contribution in [1.29, 1.82) is 0 Å². The summed E-state index contributed by atoms with van der Waals surface area (Å²) in [5.41, 5.74) is 2.88. The lowest BCUT2D eigenvalue weighted by molar-refractivity contribution is 0.102. The van der Waals surface area contributed by atoms with Gasteiger partial charge in [0.05, 0.1) is 23.6 Å². The summed E-state index contributed by atoms with van der Waals surface area (Å²) in [7, 11) is -3.43. The second-order valence-electron chi connectivity index (χ2n) is 7.77. The third kappa shape index (κ3) is 4.87. The lowest BCUT2D eigenvalue weighted by atomic mass is 10.0. The molecule has 0 aliphatic rings. The van der Waals surface area contributed by atoms with E-state index in [-0.39, 0.29) is 10.7 Å². The van der Waals surface area contributed by atoms with Crippen LogP contribution in [0.4, 0.5) is 5.69 Å². The quantitative estimate of drug-likeness (QED) is 0.363. The Hall–Kier alpha value is -4.57. The summed E-state index contributed by atoms with van der Waals surface area (Å²) in [5, 5.41) is 10.3. The third-order valence-corrected chi connectivity index (χ3v) is 6.18. The second-order valence-corrected chi connectivity index (χ2v) is 9.73. The van der Waals surface area contributed by atoms with E-state index in [0.717, 1.165) is 17.4 Å². The molecule has 0 fully saturated rings. The molecule has 0 radical (unpaired) electrons. The zero-order chi connectivity index (χ0) is 24.4. The van der Waals surface area contributed by atoms with Crippen molar-refractivity contribution in [2.24, 2.45) is 0 Å². The molecule has 5 rings (SSSR count). The van der Waals surface area contributed by atoms with Gasteiger partial charge in [-0.1, -0.05) is 24.3 Å². The molecule has 2 N–H and O–H groups in total. The molecule has 10 heteroatoms. The van der Waals surface area contributed by atoms with Gasteiger partial charge in [-0.2, -0.15) is 5.10 Å². The lowest BCUT2D eigenvalue weighted by Crippen LogP contribution is -2.13. The first-order valence-electron chi connectivity index (χ1n) is 10.5. The van der Waals surface area contributed by atoms with E-state index < -0.39 is 15.7 Å². The normalized spacial score (nSPS) is 11.3. The lowest BCUT2D eigenvalue weighted by Gasteiger charge is -2.08. The molecule has 3 aromatic heterocycles. The van der Waals surface area contributed by atoms with E-state index in [1.54, 1.807) is 12.4 Å². The minimum atomic E-state index is -3.43. The van der Waals surface area contributed by atoms with E-state index in [2.05, 4.69) is 25.5 Å². The number of pyridine rings is 2. The predicted molar refractivity (Wildman–Crippen MR) is 131 cm³/mol. The number of rotatable bonds is 6. The zero-order valence-electron chi connectivity index (χ0n) is 18.5. The number of para-hydroxylation sites is 1. The van der Waals surface area contributed by atoms with Gasteiger partial charge >= 0.3 is 0 Å². The predicted octanol–water partition coefficient (Wildman–Crippen LogP) is 4.47. The number of ether oxygens (including phenoxy) is 1. The van der Waals surface area contributed by atoms with Crippen LogP contribution in [0, 0.1) is 0 Å². The molecule has 0 saturated heterocycles. The first-order chi connectivity index (χ1) is 16.9. The molecule has 0 spiro atoms. The Labute approximate surface area is 200 Å². The molecular weight excluding hydrogens is 466 g/mol. The van der Waals surface area contributed by atoms with Crippen LogP contribution in [0.25, 0.3) is 22.0 Å². The van der Waals surface area contributed by atoms with Gasteiger partial charge in [0, 0.05) is 23.4 Å². The summed E-state index contributed by atoms with van der Waals surface area (Å²) in [6.07, 6.45) is 5.71. The summed E-state index contributed by atoms with van der Waals surface area (Å²) >= 11 is 0. The first-order valence-corrected chi connectivity index (χ1v) is 12.4. The molecule has 9 nitrogen and oxygen atoms in total. The summed E-state index contributed by atoms with van der Waals surface area (Å²) < 4.78 is 29.1. The number of nitrogens with zero attached hydrogens (tertiary/aromatic N) is 3. The molecule has 2 aromatic carbocycles. The van der Waals surface area contributed by atoms with Crippen LogP contribution >= 0.6 is 0 Å². The van der Waals surface area contributed by atoms with Gasteiger partial charge in [-0.25, -0.2) is 13.4 Å². The Morgan fingerprint density at radius 2 is 1.74 bits per heavy atom. The van der Waals surface area contributed by atoms with Crippen molar-refractivity contribution in [2.75, 3.05) is 11.6 Å². The topological polar surface area (TPSA) is 127 Å². The van der Waals surface area contributed by atoms with Gasteiger partial charge in [0.1, 0.15) is 11.5 Å². The van der Waals surface area contributed by atoms with Crippen molar-refractivity contribution in [2.45, 2.75) is 5.03 Å². The number of sulfone groups is 1. The number of H-pyrrole nitrogens is 1. The minimum absolute atomic E-state index is 0.0718. The number of amides is 1. The van der Waals surface area contributed by atoms with Crippen LogP contribution in [0.5, 0.6) is 11.5 Å². The van der Waals surface area contributed by atoms with E-state index in [0.29, 0.717) is 28.1 Å². The number of aromatic amines is 1. The number of benzene rings is 2. The fourth-order valence-electron chi connectivity index (χ4n) is 3.49. The fourth-order valence-corrected chi connectivity index (χ4v) is 4.05. The number of nitrogens with one attached hydrogen (secondary N) is 2. The van der Waals surface area contributed by atoms with Crippen molar-refractivity contribution in [3.05, 3.63) is 91.0 Å². The number of carbonyl (C=O) groups excluding carboxylic acids is 1. The number of fused-ring (bicyclic) bond motifs is 1. The third-order valence-electron chi connectivity index (χ3n) is 5.18. The van der Waals surface area contributed by atoms with Gasteiger partial charge in [-0.3, -0.25) is 14.9 Å². The van der Waals surface area contributed by atoms with Crippen LogP contribution in [-0.4, -0.2) is 40.7 Å². The second kappa shape index (κ2) is 8.99. The van der Waals surface area contributed by atoms with E-state index in [1.165, 1.54) is 18.3 Å². The SMILES string of the molecule is CS(=O)(=O)c1ccc(NC(=O)c2n[nH]c3ccc(-c4cncc(Oc5ccccc5)c4)cc23)cn1. The Morgan fingerprint density at radius 1 is 0.914 bits per heavy atom. The van der Waals surface area contributed by atoms with Gasteiger partial charge in [0.15, 0.2) is 20.6 Å². The van der Waals surface area contributed by atoms with Gasteiger partial charge in [0.25, 0.3) is 5.91 Å². The Kier molecular flexibility index (Phi) is 5.71. The molecule has 0 saturated carbocycles. The Morgan fingerprint density at radius 3 is 2.49 bits per heavy atom. The van der Waals surface area contributed by atoms with Crippen molar-refractivity contribution in [3.8, 4) is 22.6 Å². The van der Waals surface area contributed by atoms with Gasteiger partial charge in [0.2, 0.25) is 0 Å². The van der Waals surface area contributed by atoms with Crippen LogP contribution in [0.2, 0.25) is 0 Å². The van der Waals surface area contributed by atoms with E-state index in [9.17, 15) is 13.2 Å². The number of aromatic nitrogens is 4.